The summed E-state index contributed by atoms with van der Waals surface area (Å²) in [5.74, 6) is 0.140. The van der Waals surface area contributed by atoms with E-state index < -0.39 is 33.9 Å². The Morgan fingerprint density at radius 1 is 0.979 bits per heavy atom. The second-order valence-corrected chi connectivity index (χ2v) is 14.7. The van der Waals surface area contributed by atoms with Gasteiger partial charge in [0.25, 0.3) is 0 Å². The van der Waals surface area contributed by atoms with Gasteiger partial charge in [-0.25, -0.2) is 18.2 Å². The van der Waals surface area contributed by atoms with E-state index in [0.717, 1.165) is 57.1 Å². The molecule has 13 heteroatoms. The summed E-state index contributed by atoms with van der Waals surface area (Å²) in [7, 11) is -2.59. The smallest absolute Gasteiger partial charge is 0.323 e. The SMILES string of the molecule is COc1c(NC(=O)Nc2ccc(-c3ccc(N4CCOCC4)nc3C)c3ccccc23)cc(C(C)(C)C)cc1N(CC(N)=O)S(C)(=O)=O. The lowest BCUT2D eigenvalue weighted by Gasteiger charge is -2.28. The van der Waals surface area contributed by atoms with Gasteiger partial charge in [0.1, 0.15) is 12.4 Å². The van der Waals surface area contributed by atoms with E-state index in [2.05, 4.69) is 21.6 Å². The number of fused-ring (bicyclic) bond motifs is 1. The van der Waals surface area contributed by atoms with E-state index in [1.807, 2.05) is 70.2 Å². The molecule has 0 spiro atoms. The van der Waals surface area contributed by atoms with Crippen LogP contribution in [0.25, 0.3) is 21.9 Å². The van der Waals surface area contributed by atoms with Gasteiger partial charge in [0.05, 0.1) is 43.6 Å². The lowest BCUT2D eigenvalue weighted by Crippen LogP contribution is -2.38. The number of aryl methyl sites for hydroxylation is 1. The third-order valence-electron chi connectivity index (χ3n) is 8.22. The number of amides is 3. The first-order valence-corrected chi connectivity index (χ1v) is 17.4. The van der Waals surface area contributed by atoms with Crippen LogP contribution in [0, 0.1) is 6.92 Å². The molecule has 1 aliphatic rings. The van der Waals surface area contributed by atoms with Crippen LogP contribution < -0.4 is 30.3 Å². The summed E-state index contributed by atoms with van der Waals surface area (Å²) in [5.41, 5.74) is 9.39. The number of rotatable bonds is 9. The summed E-state index contributed by atoms with van der Waals surface area (Å²) >= 11 is 0. The maximum Gasteiger partial charge on any atom is 0.323 e. The number of nitrogens with one attached hydrogen (secondary N) is 2. The van der Waals surface area contributed by atoms with E-state index >= 15 is 0 Å². The zero-order valence-electron chi connectivity index (χ0n) is 28.1. The molecule has 1 saturated heterocycles. The molecule has 1 fully saturated rings. The van der Waals surface area contributed by atoms with E-state index in [4.69, 9.17) is 20.2 Å². The number of hydrogen-bond acceptors (Lipinski definition) is 8. The fourth-order valence-corrected chi connectivity index (χ4v) is 6.64. The standard InChI is InChI=1S/C35H42N6O6S/c1-22-24(12-14-32(37-22)40-15-17-47-18-16-40)26-11-13-28(27-10-8-7-9-25(26)27)38-34(43)39-29-19-23(35(2,3)4)20-30(33(29)46-5)41(21-31(36)42)48(6,44)45/h7-14,19-20H,15-18,21H2,1-6H3,(H2,36,42)(H2,38,39,43). The molecule has 1 aliphatic heterocycles. The van der Waals surface area contributed by atoms with E-state index in [-0.39, 0.29) is 17.1 Å². The second kappa shape index (κ2) is 13.7. The first-order valence-electron chi connectivity index (χ1n) is 15.6. The average molecular weight is 675 g/mol. The third-order valence-corrected chi connectivity index (χ3v) is 9.35. The highest BCUT2D eigenvalue weighted by atomic mass is 32.2. The number of sulfonamides is 1. The van der Waals surface area contributed by atoms with Gasteiger partial charge in [0.2, 0.25) is 15.9 Å². The summed E-state index contributed by atoms with van der Waals surface area (Å²) in [6, 6.07) is 18.5. The van der Waals surface area contributed by atoms with Crippen LogP contribution in [0.4, 0.5) is 27.7 Å². The van der Waals surface area contributed by atoms with Gasteiger partial charge in [-0.15, -0.1) is 0 Å². The maximum absolute atomic E-state index is 13.6. The lowest BCUT2D eigenvalue weighted by atomic mass is 9.86. The van der Waals surface area contributed by atoms with Gasteiger partial charge in [-0.05, 0) is 59.2 Å². The molecule has 3 amide bonds. The molecule has 1 aromatic heterocycles. The van der Waals surface area contributed by atoms with Crippen LogP contribution >= 0.6 is 0 Å². The van der Waals surface area contributed by atoms with Crippen LogP contribution in [0.15, 0.2) is 60.7 Å². The van der Waals surface area contributed by atoms with Gasteiger partial charge in [-0.3, -0.25) is 9.10 Å². The van der Waals surface area contributed by atoms with Crippen molar-refractivity contribution in [1.29, 1.82) is 0 Å². The third kappa shape index (κ3) is 7.47. The van der Waals surface area contributed by atoms with Crippen LogP contribution in [-0.2, 0) is 25.0 Å². The normalized spacial score (nSPS) is 13.7. The number of methoxy groups -OCH3 is 1. The van der Waals surface area contributed by atoms with Crippen molar-refractivity contribution >= 4 is 55.6 Å². The van der Waals surface area contributed by atoms with Gasteiger partial charge >= 0.3 is 6.03 Å². The predicted molar refractivity (Wildman–Crippen MR) is 191 cm³/mol. The Morgan fingerprint density at radius 3 is 2.23 bits per heavy atom. The van der Waals surface area contributed by atoms with Gasteiger partial charge in [0.15, 0.2) is 5.75 Å². The van der Waals surface area contributed by atoms with Crippen LogP contribution in [0.1, 0.15) is 32.0 Å². The molecule has 0 atom stereocenters. The molecule has 4 N–H and O–H groups in total. The molecule has 2 heterocycles. The number of ether oxygens (including phenoxy) is 2. The van der Waals surface area contributed by atoms with Crippen LogP contribution in [0.5, 0.6) is 5.75 Å². The van der Waals surface area contributed by atoms with Crippen molar-refractivity contribution in [2.75, 3.05) is 66.1 Å². The number of hydrogen-bond donors (Lipinski definition) is 3. The summed E-state index contributed by atoms with van der Waals surface area (Å²) < 4.78 is 37.6. The molecular formula is C35H42N6O6S. The van der Waals surface area contributed by atoms with Crippen molar-refractivity contribution in [3.8, 4) is 16.9 Å². The van der Waals surface area contributed by atoms with Crippen molar-refractivity contribution in [3.63, 3.8) is 0 Å². The molecule has 0 aliphatic carbocycles. The highest BCUT2D eigenvalue weighted by Crippen LogP contribution is 2.42. The van der Waals surface area contributed by atoms with Crippen molar-refractivity contribution in [3.05, 3.63) is 71.9 Å². The minimum atomic E-state index is -3.95. The molecule has 5 rings (SSSR count). The molecule has 0 saturated carbocycles. The second-order valence-electron chi connectivity index (χ2n) is 12.7. The molecule has 0 bridgehead atoms. The van der Waals surface area contributed by atoms with Crippen LogP contribution in [0.3, 0.4) is 0 Å². The molecule has 48 heavy (non-hydrogen) atoms. The van der Waals surface area contributed by atoms with E-state index in [1.165, 1.54) is 7.11 Å². The minimum absolute atomic E-state index is 0.0635. The number of nitrogens with two attached hydrogens (primary N) is 1. The number of carbonyl (C=O) groups is 2. The zero-order chi connectivity index (χ0) is 34.8. The molecule has 3 aromatic carbocycles. The summed E-state index contributed by atoms with van der Waals surface area (Å²) in [6.07, 6.45) is 0.976. The van der Waals surface area contributed by atoms with Gasteiger partial charge < -0.3 is 30.7 Å². The first-order chi connectivity index (χ1) is 22.7. The molecule has 0 unspecified atom stereocenters. The predicted octanol–water partition coefficient (Wildman–Crippen LogP) is 5.25. The van der Waals surface area contributed by atoms with Crippen molar-refractivity contribution in [2.45, 2.75) is 33.1 Å². The lowest BCUT2D eigenvalue weighted by molar-refractivity contribution is -0.116. The number of carbonyl (C=O) groups excluding carboxylic acids is 2. The van der Waals surface area contributed by atoms with Crippen molar-refractivity contribution in [1.82, 2.24) is 4.98 Å². The highest BCUT2D eigenvalue weighted by Gasteiger charge is 2.28. The Labute approximate surface area is 281 Å². The number of nitrogens with zero attached hydrogens (tertiary/aromatic N) is 3. The topological polar surface area (TPSA) is 156 Å². The molecular weight excluding hydrogens is 632 g/mol. The number of pyridine rings is 1. The monoisotopic (exact) mass is 674 g/mol. The highest BCUT2D eigenvalue weighted by molar-refractivity contribution is 7.92. The van der Waals surface area contributed by atoms with Crippen molar-refractivity contribution in [2.24, 2.45) is 5.73 Å². The number of aromatic nitrogens is 1. The zero-order valence-corrected chi connectivity index (χ0v) is 28.9. The van der Waals surface area contributed by atoms with E-state index in [0.29, 0.717) is 24.5 Å². The number of morpholine rings is 1. The first kappa shape index (κ1) is 34.5. The van der Waals surface area contributed by atoms with Gasteiger partial charge in [-0.1, -0.05) is 51.1 Å². The Bertz CT molecular complexity index is 1970. The fraction of sp³-hybridized carbons (Fsp3) is 0.343. The number of primary amides is 1. The maximum atomic E-state index is 13.6. The van der Waals surface area contributed by atoms with Gasteiger partial charge in [-0.2, -0.15) is 0 Å². The largest absolute Gasteiger partial charge is 0.492 e. The Balaban J connectivity index is 1.49. The molecule has 4 aromatic rings. The average Bonchev–Trinajstić information content (AvgIpc) is 3.03. The van der Waals surface area contributed by atoms with E-state index in [1.54, 1.807) is 12.1 Å². The minimum Gasteiger partial charge on any atom is -0.492 e. The molecule has 254 valence electrons. The summed E-state index contributed by atoms with van der Waals surface area (Å²) in [5, 5.41) is 7.55. The van der Waals surface area contributed by atoms with E-state index in [9.17, 15) is 18.0 Å². The number of urea groups is 1. The quantitative estimate of drug-likeness (QED) is 0.218. The Morgan fingerprint density at radius 2 is 1.62 bits per heavy atom. The van der Waals surface area contributed by atoms with Crippen molar-refractivity contribution < 1.29 is 27.5 Å². The Kier molecular flexibility index (Phi) is 9.83. The van der Waals surface area contributed by atoms with Crippen LogP contribution in [0.2, 0.25) is 0 Å². The Hall–Kier alpha value is -4.88. The number of anilines is 4. The molecule has 0 radical (unpaired) electrons. The molecule has 12 nitrogen and oxygen atoms in total. The summed E-state index contributed by atoms with van der Waals surface area (Å²) in [6.45, 7) is 10.2. The number of benzene rings is 3. The van der Waals surface area contributed by atoms with Crippen LogP contribution in [-0.4, -0.2) is 71.6 Å². The fourth-order valence-electron chi connectivity index (χ4n) is 5.78. The summed E-state index contributed by atoms with van der Waals surface area (Å²) in [4.78, 5) is 32.6. The van der Waals surface area contributed by atoms with Gasteiger partial charge in [0, 0.05) is 29.7 Å².